The number of aliphatic hydroxyl groups is 1. The number of rotatable bonds is 4. The fourth-order valence-electron chi connectivity index (χ4n) is 2.01. The number of unbranched alkanes of at least 4 members (excludes halogenated alkanes) is 1. The average molecular weight is 279 g/mol. The van der Waals surface area contributed by atoms with Gasteiger partial charge in [-0.3, -0.25) is 0 Å². The Morgan fingerprint density at radius 1 is 1.00 bits per heavy atom. The molecule has 0 spiro atoms. The molecule has 0 saturated carbocycles. The summed E-state index contributed by atoms with van der Waals surface area (Å²) in [5.41, 5.74) is 1.36. The lowest BCUT2D eigenvalue weighted by Gasteiger charge is -2.07. The van der Waals surface area contributed by atoms with E-state index in [-0.39, 0.29) is 6.61 Å². The van der Waals surface area contributed by atoms with Crippen molar-refractivity contribution in [1.82, 2.24) is 0 Å². The molecule has 0 aliphatic rings. The van der Waals surface area contributed by atoms with Crippen molar-refractivity contribution in [1.29, 1.82) is 0 Å². The lowest BCUT2D eigenvalue weighted by atomic mass is 10.0. The van der Waals surface area contributed by atoms with Gasteiger partial charge in [0.2, 0.25) is 0 Å². The molecule has 0 unspecified atom stereocenters. The summed E-state index contributed by atoms with van der Waals surface area (Å²) in [6.07, 6.45) is 2.94. The molecule has 0 radical (unpaired) electrons. The molecule has 0 bridgehead atoms. The molecule has 2 rings (SSSR count). The maximum Gasteiger partial charge on any atom is 0.0431 e. The van der Waals surface area contributed by atoms with Crippen LogP contribution in [0.25, 0.3) is 10.8 Å². The molecule has 2 aromatic carbocycles. The fraction of sp³-hybridized carbons (Fsp3) is 0.286. The van der Waals surface area contributed by atoms with Crippen molar-refractivity contribution >= 4 is 26.7 Å². The molecule has 84 valence electrons. The zero-order chi connectivity index (χ0) is 11.4. The minimum atomic E-state index is 0.284. The van der Waals surface area contributed by atoms with Crippen LogP contribution in [0, 0.1) is 0 Å². The highest BCUT2D eigenvalue weighted by Crippen LogP contribution is 2.28. The molecular weight excluding hydrogens is 264 g/mol. The molecule has 0 saturated heterocycles. The molecule has 0 heterocycles. The standard InChI is InChI=1S/C14H15BrO/c15-13-9-4-8-12-7-3-6-11(14(12)13)5-1-2-10-16/h3-4,6-9,16H,1-2,5,10H2. The summed E-state index contributed by atoms with van der Waals surface area (Å²) in [7, 11) is 0. The number of benzene rings is 2. The third-order valence-corrected chi connectivity index (χ3v) is 3.46. The molecule has 2 heteroatoms. The molecule has 0 atom stereocenters. The predicted molar refractivity (Wildman–Crippen MR) is 71.7 cm³/mol. The van der Waals surface area contributed by atoms with E-state index in [0.29, 0.717) is 0 Å². The third kappa shape index (κ3) is 2.45. The number of fused-ring (bicyclic) bond motifs is 1. The Morgan fingerprint density at radius 2 is 1.75 bits per heavy atom. The number of aliphatic hydroxyl groups excluding tert-OH is 1. The van der Waals surface area contributed by atoms with Gasteiger partial charge in [-0.1, -0.05) is 46.3 Å². The van der Waals surface area contributed by atoms with Gasteiger partial charge >= 0.3 is 0 Å². The Bertz CT molecular complexity index is 474. The smallest absolute Gasteiger partial charge is 0.0431 e. The van der Waals surface area contributed by atoms with E-state index >= 15 is 0 Å². The lowest BCUT2D eigenvalue weighted by molar-refractivity contribution is 0.284. The predicted octanol–water partition coefficient (Wildman–Crippen LogP) is 3.92. The van der Waals surface area contributed by atoms with E-state index < -0.39 is 0 Å². The number of aryl methyl sites for hydroxylation is 1. The third-order valence-electron chi connectivity index (χ3n) is 2.79. The van der Waals surface area contributed by atoms with Crippen LogP contribution in [0.2, 0.25) is 0 Å². The van der Waals surface area contributed by atoms with Crippen molar-refractivity contribution in [3.8, 4) is 0 Å². The van der Waals surface area contributed by atoms with Gasteiger partial charge in [-0.05, 0) is 41.7 Å². The van der Waals surface area contributed by atoms with E-state index in [0.717, 1.165) is 23.7 Å². The molecule has 16 heavy (non-hydrogen) atoms. The maximum atomic E-state index is 8.80. The SMILES string of the molecule is OCCCCc1cccc2cccc(Br)c12. The molecular formula is C14H15BrO. The first kappa shape index (κ1) is 11.6. The monoisotopic (exact) mass is 278 g/mol. The minimum Gasteiger partial charge on any atom is -0.396 e. The Balaban J connectivity index is 2.37. The quantitative estimate of drug-likeness (QED) is 0.841. The van der Waals surface area contributed by atoms with Crippen LogP contribution in [0.4, 0.5) is 0 Å². The van der Waals surface area contributed by atoms with Gasteiger partial charge in [0.1, 0.15) is 0 Å². The van der Waals surface area contributed by atoms with Crippen molar-refractivity contribution in [2.24, 2.45) is 0 Å². The largest absolute Gasteiger partial charge is 0.396 e. The fourth-order valence-corrected chi connectivity index (χ4v) is 2.64. The van der Waals surface area contributed by atoms with Gasteiger partial charge in [-0.2, -0.15) is 0 Å². The molecule has 0 aromatic heterocycles. The number of hydrogen-bond donors (Lipinski definition) is 1. The van der Waals surface area contributed by atoms with Crippen LogP contribution in [0.1, 0.15) is 18.4 Å². The Morgan fingerprint density at radius 3 is 2.50 bits per heavy atom. The highest BCUT2D eigenvalue weighted by atomic mass is 79.9. The first-order chi connectivity index (χ1) is 7.83. The number of halogens is 1. The molecule has 0 aliphatic heterocycles. The van der Waals surface area contributed by atoms with Crippen LogP contribution in [-0.4, -0.2) is 11.7 Å². The van der Waals surface area contributed by atoms with E-state index in [4.69, 9.17) is 5.11 Å². The zero-order valence-corrected chi connectivity index (χ0v) is 10.7. The minimum absolute atomic E-state index is 0.284. The van der Waals surface area contributed by atoms with Crippen LogP contribution >= 0.6 is 15.9 Å². The van der Waals surface area contributed by atoms with Gasteiger partial charge in [0.05, 0.1) is 0 Å². The van der Waals surface area contributed by atoms with Crippen molar-refractivity contribution in [3.63, 3.8) is 0 Å². The van der Waals surface area contributed by atoms with E-state index in [1.54, 1.807) is 0 Å². The second-order valence-corrected chi connectivity index (χ2v) is 4.79. The zero-order valence-electron chi connectivity index (χ0n) is 9.12. The first-order valence-corrected chi connectivity index (χ1v) is 6.39. The number of hydrogen-bond acceptors (Lipinski definition) is 1. The molecule has 1 N–H and O–H groups in total. The van der Waals surface area contributed by atoms with Crippen LogP contribution in [0.15, 0.2) is 40.9 Å². The van der Waals surface area contributed by atoms with Gasteiger partial charge in [0.25, 0.3) is 0 Å². The second kappa shape index (κ2) is 5.46. The highest BCUT2D eigenvalue weighted by Gasteiger charge is 2.03. The molecule has 0 aliphatic carbocycles. The van der Waals surface area contributed by atoms with Crippen LogP contribution in [0.3, 0.4) is 0 Å². The Kier molecular flexibility index (Phi) is 3.97. The summed E-state index contributed by atoms with van der Waals surface area (Å²) in [5, 5.41) is 11.4. The molecule has 0 fully saturated rings. The Labute approximate surface area is 104 Å². The molecule has 1 nitrogen and oxygen atoms in total. The van der Waals surface area contributed by atoms with Crippen LogP contribution in [-0.2, 0) is 6.42 Å². The van der Waals surface area contributed by atoms with Crippen LogP contribution < -0.4 is 0 Å². The topological polar surface area (TPSA) is 20.2 Å². The summed E-state index contributed by atoms with van der Waals surface area (Å²) < 4.78 is 1.16. The summed E-state index contributed by atoms with van der Waals surface area (Å²) in [6, 6.07) is 12.7. The van der Waals surface area contributed by atoms with Gasteiger partial charge in [0.15, 0.2) is 0 Å². The molecule has 2 aromatic rings. The first-order valence-electron chi connectivity index (χ1n) is 5.60. The van der Waals surface area contributed by atoms with E-state index in [1.807, 2.05) is 0 Å². The lowest BCUT2D eigenvalue weighted by Crippen LogP contribution is -1.90. The summed E-state index contributed by atoms with van der Waals surface area (Å²) in [4.78, 5) is 0. The molecule has 0 amide bonds. The maximum absolute atomic E-state index is 8.80. The van der Waals surface area contributed by atoms with Crippen LogP contribution in [0.5, 0.6) is 0 Å². The van der Waals surface area contributed by atoms with Crippen molar-refractivity contribution in [2.75, 3.05) is 6.61 Å². The van der Waals surface area contributed by atoms with Crippen molar-refractivity contribution in [2.45, 2.75) is 19.3 Å². The normalized spacial score (nSPS) is 10.9. The van der Waals surface area contributed by atoms with E-state index in [2.05, 4.69) is 52.3 Å². The van der Waals surface area contributed by atoms with E-state index in [1.165, 1.54) is 16.3 Å². The second-order valence-electron chi connectivity index (χ2n) is 3.94. The Hall–Kier alpha value is -0.860. The van der Waals surface area contributed by atoms with E-state index in [9.17, 15) is 0 Å². The highest BCUT2D eigenvalue weighted by molar-refractivity contribution is 9.10. The van der Waals surface area contributed by atoms with Gasteiger partial charge in [-0.15, -0.1) is 0 Å². The van der Waals surface area contributed by atoms with Crippen molar-refractivity contribution < 1.29 is 5.11 Å². The summed E-state index contributed by atoms with van der Waals surface area (Å²) in [5.74, 6) is 0. The van der Waals surface area contributed by atoms with Crippen molar-refractivity contribution in [3.05, 3.63) is 46.4 Å². The average Bonchev–Trinajstić information content (AvgIpc) is 2.30. The van der Waals surface area contributed by atoms with Gasteiger partial charge in [-0.25, -0.2) is 0 Å². The summed E-state index contributed by atoms with van der Waals surface area (Å²) >= 11 is 3.61. The van der Waals surface area contributed by atoms with Gasteiger partial charge in [0, 0.05) is 11.1 Å². The van der Waals surface area contributed by atoms with Gasteiger partial charge < -0.3 is 5.11 Å². The summed E-state index contributed by atoms with van der Waals surface area (Å²) in [6.45, 7) is 0.284.